The van der Waals surface area contributed by atoms with Crippen LogP contribution in [-0.2, 0) is 29.1 Å². The molecule has 1 aromatic carbocycles. The first-order chi connectivity index (χ1) is 21.4. The van der Waals surface area contributed by atoms with Gasteiger partial charge in [-0.2, -0.15) is 13.2 Å². The fourth-order valence-corrected chi connectivity index (χ4v) is 6.31. The van der Waals surface area contributed by atoms with Gasteiger partial charge >= 0.3 is 6.18 Å². The fourth-order valence-electron chi connectivity index (χ4n) is 4.79. The molecular weight excluding hydrogens is 633 g/mol. The first kappa shape index (κ1) is 35.5. The van der Waals surface area contributed by atoms with Crippen molar-refractivity contribution in [1.82, 2.24) is 19.1 Å². The number of ketones is 1. The van der Waals surface area contributed by atoms with E-state index in [4.69, 9.17) is 14.5 Å². The van der Waals surface area contributed by atoms with Crippen molar-refractivity contribution >= 4 is 38.5 Å². The van der Waals surface area contributed by atoms with E-state index in [1.54, 1.807) is 16.1 Å². The molecule has 0 aliphatic heterocycles. The highest BCUT2D eigenvalue weighted by Gasteiger charge is 2.35. The summed E-state index contributed by atoms with van der Waals surface area (Å²) in [7, 11) is -2.85. The van der Waals surface area contributed by atoms with E-state index in [1.807, 2.05) is 0 Å². The standard InChI is InChI=1S/C33H42F4N4O3Si2/c1-22(2)29-28(34)30-26(18-38-29)39-32(41(30)21-44-14-16-46(6,7)8)27-17-23(19-40(27)20-43-13-15-45(3,4)5)31(42)24-11-9-10-12-25(24)33(35,36)37/h9-12,17-19H,1,13-16,20-21H2,2-8H3. The maximum atomic E-state index is 16.0. The number of carbonyl (C=O) groups is 1. The molecule has 3 heterocycles. The van der Waals surface area contributed by atoms with Gasteiger partial charge in [-0.05, 0) is 36.7 Å². The Morgan fingerprint density at radius 3 is 2.17 bits per heavy atom. The van der Waals surface area contributed by atoms with Gasteiger partial charge in [-0.3, -0.25) is 14.3 Å². The number of aromatic nitrogens is 4. The number of carbonyl (C=O) groups excluding carboxylic acids is 1. The van der Waals surface area contributed by atoms with E-state index in [-0.39, 0.29) is 41.6 Å². The summed E-state index contributed by atoms with van der Waals surface area (Å²) in [4.78, 5) is 22.6. The van der Waals surface area contributed by atoms with Crippen molar-refractivity contribution in [2.45, 2.75) is 77.9 Å². The molecule has 0 amide bonds. The number of rotatable bonds is 14. The van der Waals surface area contributed by atoms with Crippen LogP contribution in [-0.4, -0.2) is 54.2 Å². The lowest BCUT2D eigenvalue weighted by atomic mass is 9.99. The Hall–Kier alpha value is -3.40. The minimum atomic E-state index is -4.72. The Labute approximate surface area is 269 Å². The summed E-state index contributed by atoms with van der Waals surface area (Å²) in [5.41, 5.74) is -0.183. The lowest BCUT2D eigenvalue weighted by Crippen LogP contribution is -2.22. The van der Waals surface area contributed by atoms with E-state index in [0.717, 1.165) is 24.2 Å². The first-order valence-electron chi connectivity index (χ1n) is 15.1. The minimum Gasteiger partial charge on any atom is -0.361 e. The number of ether oxygens (including phenoxy) is 2. The number of hydrogen-bond donors (Lipinski definition) is 0. The number of alkyl halides is 3. The Kier molecular flexibility index (Phi) is 10.6. The van der Waals surface area contributed by atoms with E-state index >= 15 is 4.39 Å². The number of nitrogens with zero attached hydrogens (tertiary/aromatic N) is 4. The van der Waals surface area contributed by atoms with Crippen LogP contribution in [0.2, 0.25) is 51.4 Å². The third-order valence-electron chi connectivity index (χ3n) is 7.44. The molecule has 46 heavy (non-hydrogen) atoms. The molecule has 3 aromatic heterocycles. The van der Waals surface area contributed by atoms with Crippen LogP contribution in [0.15, 0.2) is 49.3 Å². The van der Waals surface area contributed by atoms with E-state index in [9.17, 15) is 18.0 Å². The molecule has 248 valence electrons. The number of allylic oxidation sites excluding steroid dienone is 1. The van der Waals surface area contributed by atoms with E-state index in [1.165, 1.54) is 30.6 Å². The van der Waals surface area contributed by atoms with Gasteiger partial charge in [0.15, 0.2) is 17.4 Å². The second-order valence-electron chi connectivity index (χ2n) is 14.0. The lowest BCUT2D eigenvalue weighted by molar-refractivity contribution is -0.137. The molecule has 4 rings (SSSR count). The maximum Gasteiger partial charge on any atom is 0.417 e. The first-order valence-corrected chi connectivity index (χ1v) is 22.6. The molecular formula is C33H42F4N4O3Si2. The number of halogens is 4. The quantitative estimate of drug-likeness (QED) is 0.0578. The number of imidazole rings is 1. The number of fused-ring (bicyclic) bond motifs is 1. The molecule has 0 aliphatic rings. The molecule has 13 heteroatoms. The van der Waals surface area contributed by atoms with Gasteiger partial charge in [0.1, 0.15) is 30.2 Å². The van der Waals surface area contributed by atoms with Crippen molar-refractivity contribution in [3.05, 3.63) is 77.5 Å². The number of benzene rings is 1. The smallest absolute Gasteiger partial charge is 0.361 e. The summed E-state index contributed by atoms with van der Waals surface area (Å²) in [6, 6.07) is 7.93. The Bertz CT molecular complexity index is 1730. The van der Waals surface area contributed by atoms with Crippen LogP contribution in [0, 0.1) is 5.82 Å². The van der Waals surface area contributed by atoms with Gasteiger partial charge in [-0.1, -0.05) is 64.1 Å². The minimum absolute atomic E-state index is 0.00540. The molecule has 0 saturated heterocycles. The van der Waals surface area contributed by atoms with Gasteiger partial charge in [0.05, 0.1) is 17.5 Å². The molecule has 4 aromatic rings. The molecule has 0 unspecified atom stereocenters. The van der Waals surface area contributed by atoms with Gasteiger partial charge in [-0.15, -0.1) is 0 Å². The number of hydrogen-bond acceptors (Lipinski definition) is 5. The zero-order valence-corrected chi connectivity index (χ0v) is 29.5. The summed E-state index contributed by atoms with van der Waals surface area (Å²) in [6.45, 7) is 19.7. The average molecular weight is 675 g/mol. The molecule has 7 nitrogen and oxygen atoms in total. The second-order valence-corrected chi connectivity index (χ2v) is 25.2. The van der Waals surface area contributed by atoms with Crippen LogP contribution < -0.4 is 0 Å². The van der Waals surface area contributed by atoms with Gasteiger partial charge in [0.25, 0.3) is 0 Å². The zero-order valence-electron chi connectivity index (χ0n) is 27.5. The summed E-state index contributed by atoms with van der Waals surface area (Å²) in [6.07, 6.45) is -1.80. The van der Waals surface area contributed by atoms with Gasteiger partial charge in [-0.25, -0.2) is 9.37 Å². The largest absolute Gasteiger partial charge is 0.417 e. The molecule has 0 atom stereocenters. The fraction of sp³-hybridized carbons (Fsp3) is 0.424. The average Bonchev–Trinajstić information content (AvgIpc) is 3.53. The predicted molar refractivity (Wildman–Crippen MR) is 179 cm³/mol. The van der Waals surface area contributed by atoms with Crippen molar-refractivity contribution in [1.29, 1.82) is 0 Å². The molecule has 0 bridgehead atoms. The molecule has 0 aliphatic carbocycles. The SMILES string of the molecule is C=C(C)c1ncc2nc(-c3cc(C(=O)c4ccccc4C(F)(F)F)cn3COCC[Si](C)(C)C)n(COCC[Si](C)(C)C)c2c1F. The van der Waals surface area contributed by atoms with Crippen LogP contribution >= 0.6 is 0 Å². The van der Waals surface area contributed by atoms with Crippen LogP contribution in [0.1, 0.15) is 34.1 Å². The van der Waals surface area contributed by atoms with Gasteiger partial charge < -0.3 is 14.0 Å². The van der Waals surface area contributed by atoms with Crippen molar-refractivity contribution in [2.24, 2.45) is 0 Å². The van der Waals surface area contributed by atoms with Crippen molar-refractivity contribution in [3.8, 4) is 11.5 Å². The van der Waals surface area contributed by atoms with Crippen LogP contribution in [0.5, 0.6) is 0 Å². The highest BCUT2D eigenvalue weighted by atomic mass is 28.3. The van der Waals surface area contributed by atoms with Gasteiger partial charge in [0, 0.05) is 46.7 Å². The van der Waals surface area contributed by atoms with Crippen LogP contribution in [0.25, 0.3) is 28.1 Å². The van der Waals surface area contributed by atoms with Gasteiger partial charge in [0.2, 0.25) is 0 Å². The highest BCUT2D eigenvalue weighted by Crippen LogP contribution is 2.35. The molecule has 0 spiro atoms. The third-order valence-corrected chi connectivity index (χ3v) is 10.8. The molecule has 0 saturated carbocycles. The van der Waals surface area contributed by atoms with Crippen molar-refractivity contribution < 1.29 is 31.8 Å². The normalized spacial score (nSPS) is 12.7. The predicted octanol–water partition coefficient (Wildman–Crippen LogP) is 8.95. The molecule has 0 N–H and O–H groups in total. The number of pyridine rings is 1. The van der Waals surface area contributed by atoms with Crippen LogP contribution in [0.3, 0.4) is 0 Å². The third kappa shape index (κ3) is 8.49. The monoisotopic (exact) mass is 674 g/mol. The van der Waals surface area contributed by atoms with Crippen molar-refractivity contribution in [2.75, 3.05) is 13.2 Å². The Balaban J connectivity index is 1.86. The highest BCUT2D eigenvalue weighted by molar-refractivity contribution is 6.76. The van der Waals surface area contributed by atoms with E-state index in [2.05, 4.69) is 50.8 Å². The lowest BCUT2D eigenvalue weighted by Gasteiger charge is -2.18. The Morgan fingerprint density at radius 1 is 0.978 bits per heavy atom. The Morgan fingerprint density at radius 2 is 1.59 bits per heavy atom. The summed E-state index contributed by atoms with van der Waals surface area (Å²) < 4.78 is 72.8. The van der Waals surface area contributed by atoms with E-state index in [0.29, 0.717) is 24.5 Å². The molecule has 0 radical (unpaired) electrons. The van der Waals surface area contributed by atoms with Crippen molar-refractivity contribution in [3.63, 3.8) is 0 Å². The zero-order chi connectivity index (χ0) is 34.0. The second kappa shape index (κ2) is 13.8. The van der Waals surface area contributed by atoms with E-state index < -0.39 is 45.1 Å². The summed E-state index contributed by atoms with van der Waals surface area (Å²) >= 11 is 0. The topological polar surface area (TPSA) is 71.2 Å². The maximum absolute atomic E-state index is 16.0. The molecule has 0 fully saturated rings. The summed E-state index contributed by atoms with van der Waals surface area (Å²) in [5, 5.41) is 0. The van der Waals surface area contributed by atoms with Crippen LogP contribution in [0.4, 0.5) is 17.6 Å². The summed E-state index contributed by atoms with van der Waals surface area (Å²) in [5.74, 6) is -1.15.